The second kappa shape index (κ2) is 6.47. The molecule has 4 rings (SSSR count). The van der Waals surface area contributed by atoms with Gasteiger partial charge in [0.15, 0.2) is 11.5 Å². The zero-order chi connectivity index (χ0) is 18.1. The highest BCUT2D eigenvalue weighted by Crippen LogP contribution is 2.35. The van der Waals surface area contributed by atoms with Crippen molar-refractivity contribution in [3.63, 3.8) is 0 Å². The van der Waals surface area contributed by atoms with Gasteiger partial charge in [-0.1, -0.05) is 17.2 Å². The van der Waals surface area contributed by atoms with Crippen molar-refractivity contribution in [2.75, 3.05) is 19.5 Å². The highest BCUT2D eigenvalue weighted by Gasteiger charge is 2.24. The summed E-state index contributed by atoms with van der Waals surface area (Å²) >= 11 is 0. The summed E-state index contributed by atoms with van der Waals surface area (Å²) in [5.74, 6) is 1.49. The first-order valence-electron chi connectivity index (χ1n) is 7.94. The number of rotatable bonds is 4. The van der Waals surface area contributed by atoms with Gasteiger partial charge in [-0.15, -0.1) is 0 Å². The normalized spacial score (nSPS) is 15.7. The van der Waals surface area contributed by atoms with Crippen molar-refractivity contribution in [3.05, 3.63) is 65.5 Å². The van der Waals surface area contributed by atoms with Crippen molar-refractivity contribution in [2.24, 2.45) is 0 Å². The van der Waals surface area contributed by atoms with Crippen LogP contribution in [-0.4, -0.2) is 34.4 Å². The Kier molecular flexibility index (Phi) is 4.00. The summed E-state index contributed by atoms with van der Waals surface area (Å²) in [7, 11) is 3.18. The number of ether oxygens (including phenoxy) is 2. The molecule has 0 bridgehead atoms. The number of hydrogen-bond donors (Lipinski definition) is 1. The summed E-state index contributed by atoms with van der Waals surface area (Å²) in [6, 6.07) is 11.7. The fraction of sp³-hybridized carbons (Fsp3) is 0.167. The predicted octanol–water partition coefficient (Wildman–Crippen LogP) is 2.89. The molecular weight excluding hydrogens is 337 g/mol. The van der Waals surface area contributed by atoms with Gasteiger partial charge in [0.1, 0.15) is 11.9 Å². The number of tetrazole rings is 1. The third-order valence-electron chi connectivity index (χ3n) is 4.23. The topological polar surface area (TPSA) is 74.1 Å². The minimum Gasteiger partial charge on any atom is -0.493 e. The first kappa shape index (κ1) is 16.1. The second-order valence-electron chi connectivity index (χ2n) is 5.72. The monoisotopic (exact) mass is 353 g/mol. The van der Waals surface area contributed by atoms with Gasteiger partial charge < -0.3 is 14.8 Å². The minimum atomic E-state index is -0.288. The Morgan fingerprint density at radius 3 is 2.54 bits per heavy atom. The van der Waals surface area contributed by atoms with E-state index < -0.39 is 0 Å². The van der Waals surface area contributed by atoms with Crippen LogP contribution in [0.4, 0.5) is 10.3 Å². The van der Waals surface area contributed by atoms with E-state index in [0.29, 0.717) is 17.4 Å². The van der Waals surface area contributed by atoms with Crippen molar-refractivity contribution in [1.29, 1.82) is 0 Å². The molecule has 132 valence electrons. The molecule has 1 N–H and O–H groups in total. The highest BCUT2D eigenvalue weighted by atomic mass is 19.1. The van der Waals surface area contributed by atoms with E-state index in [9.17, 15) is 4.39 Å². The minimum absolute atomic E-state index is 0.259. The lowest BCUT2D eigenvalue weighted by Crippen LogP contribution is -2.20. The maximum absolute atomic E-state index is 13.3. The Hall–Kier alpha value is -3.42. The number of nitrogens with one attached hydrogen (secondary N) is 1. The van der Waals surface area contributed by atoms with E-state index in [4.69, 9.17) is 9.47 Å². The fourth-order valence-electron chi connectivity index (χ4n) is 2.92. The van der Waals surface area contributed by atoms with Crippen molar-refractivity contribution >= 4 is 11.6 Å². The summed E-state index contributed by atoms with van der Waals surface area (Å²) < 4.78 is 25.6. The van der Waals surface area contributed by atoms with Crippen LogP contribution < -0.4 is 14.8 Å². The predicted molar refractivity (Wildman–Crippen MR) is 93.5 cm³/mol. The first-order chi connectivity index (χ1) is 12.7. The quantitative estimate of drug-likeness (QED) is 0.777. The number of hydrogen-bond acceptors (Lipinski definition) is 6. The molecule has 0 spiro atoms. The van der Waals surface area contributed by atoms with Gasteiger partial charge in [0.05, 0.1) is 14.2 Å². The molecule has 3 aromatic rings. The molecule has 7 nitrogen and oxygen atoms in total. The largest absolute Gasteiger partial charge is 0.493 e. The Balaban J connectivity index is 1.78. The Labute approximate surface area is 149 Å². The lowest BCUT2D eigenvalue weighted by atomic mass is 10.0. The van der Waals surface area contributed by atoms with E-state index in [0.717, 1.165) is 16.8 Å². The molecule has 0 fully saturated rings. The Morgan fingerprint density at radius 1 is 1.04 bits per heavy atom. The lowest BCUT2D eigenvalue weighted by Gasteiger charge is -2.23. The van der Waals surface area contributed by atoms with Crippen LogP contribution in [0, 0.1) is 5.82 Å². The van der Waals surface area contributed by atoms with Crippen LogP contribution in [0.3, 0.4) is 0 Å². The van der Waals surface area contributed by atoms with Gasteiger partial charge in [-0.2, -0.15) is 4.68 Å². The summed E-state index contributed by atoms with van der Waals surface area (Å²) in [4.78, 5) is 0. The molecule has 0 saturated carbocycles. The molecular formula is C18H16FN5O2. The molecule has 0 saturated heterocycles. The molecule has 2 aromatic carbocycles. The number of benzene rings is 2. The van der Waals surface area contributed by atoms with Crippen molar-refractivity contribution in [1.82, 2.24) is 20.2 Å². The summed E-state index contributed by atoms with van der Waals surface area (Å²) in [5, 5.41) is 15.0. The zero-order valence-electron chi connectivity index (χ0n) is 14.2. The average molecular weight is 353 g/mol. The molecule has 1 aromatic heterocycles. The van der Waals surface area contributed by atoms with E-state index in [1.807, 2.05) is 24.3 Å². The number of aromatic nitrogens is 4. The van der Waals surface area contributed by atoms with Crippen LogP contribution in [0.2, 0.25) is 0 Å². The maximum atomic E-state index is 13.3. The smallest absolute Gasteiger partial charge is 0.248 e. The Bertz CT molecular complexity index is 968. The summed E-state index contributed by atoms with van der Waals surface area (Å²) in [5.41, 5.74) is 2.59. The van der Waals surface area contributed by atoms with Crippen LogP contribution in [0.15, 0.2) is 48.5 Å². The highest BCUT2D eigenvalue weighted by molar-refractivity contribution is 5.78. The second-order valence-corrected chi connectivity index (χ2v) is 5.72. The molecule has 1 aliphatic rings. The molecule has 1 aliphatic heterocycles. The van der Waals surface area contributed by atoms with Gasteiger partial charge >= 0.3 is 0 Å². The van der Waals surface area contributed by atoms with Crippen molar-refractivity contribution < 1.29 is 13.9 Å². The molecule has 2 heterocycles. The average Bonchev–Trinajstić information content (AvgIpc) is 3.16. The Morgan fingerprint density at radius 2 is 1.81 bits per heavy atom. The van der Waals surface area contributed by atoms with Crippen LogP contribution in [-0.2, 0) is 0 Å². The van der Waals surface area contributed by atoms with Crippen molar-refractivity contribution in [2.45, 2.75) is 6.04 Å². The van der Waals surface area contributed by atoms with Crippen LogP contribution in [0.1, 0.15) is 17.2 Å². The van der Waals surface area contributed by atoms with E-state index in [2.05, 4.69) is 20.8 Å². The first-order valence-corrected chi connectivity index (χ1v) is 7.94. The number of methoxy groups -OCH3 is 2. The molecule has 0 amide bonds. The van der Waals surface area contributed by atoms with Gasteiger partial charge in [-0.3, -0.25) is 0 Å². The van der Waals surface area contributed by atoms with Gasteiger partial charge in [0.2, 0.25) is 5.95 Å². The molecule has 0 aliphatic carbocycles. The van der Waals surface area contributed by atoms with E-state index in [1.165, 1.54) is 12.1 Å². The summed E-state index contributed by atoms with van der Waals surface area (Å²) in [6.07, 6.45) is 1.98. The lowest BCUT2D eigenvalue weighted by molar-refractivity contribution is 0.355. The molecule has 0 unspecified atom stereocenters. The maximum Gasteiger partial charge on any atom is 0.248 e. The number of anilines is 1. The van der Waals surface area contributed by atoms with Crippen LogP contribution in [0.5, 0.6) is 11.5 Å². The van der Waals surface area contributed by atoms with Crippen LogP contribution >= 0.6 is 0 Å². The number of halogens is 1. The standard InChI is InChI=1S/C18H16FN5O2/c1-25-16-8-5-12(9-17(16)26-2)14-10-15(11-3-6-13(19)7-4-11)24-18(20-14)21-22-23-24/h3-10,15H,1-2H3,(H,20,21,23)/t15-/m0/s1. The van der Waals surface area contributed by atoms with E-state index >= 15 is 0 Å². The van der Waals surface area contributed by atoms with Crippen LogP contribution in [0.25, 0.3) is 5.70 Å². The molecule has 26 heavy (non-hydrogen) atoms. The summed E-state index contributed by atoms with van der Waals surface area (Å²) in [6.45, 7) is 0. The zero-order valence-corrected chi connectivity index (χ0v) is 14.2. The third-order valence-corrected chi connectivity index (χ3v) is 4.23. The van der Waals surface area contributed by atoms with E-state index in [-0.39, 0.29) is 11.9 Å². The molecule has 8 heteroatoms. The van der Waals surface area contributed by atoms with Gasteiger partial charge in [0.25, 0.3) is 0 Å². The van der Waals surface area contributed by atoms with E-state index in [1.54, 1.807) is 31.0 Å². The number of allylic oxidation sites excluding steroid dienone is 1. The third kappa shape index (κ3) is 2.75. The fourth-order valence-corrected chi connectivity index (χ4v) is 2.92. The van der Waals surface area contributed by atoms with Gasteiger partial charge in [0, 0.05) is 11.3 Å². The van der Waals surface area contributed by atoms with Crippen molar-refractivity contribution in [3.8, 4) is 11.5 Å². The number of nitrogens with zero attached hydrogens (tertiary/aromatic N) is 4. The number of fused-ring (bicyclic) bond motifs is 1. The SMILES string of the molecule is COc1ccc(C2=C[C@@H](c3ccc(F)cc3)n3nnnc3N2)cc1OC. The molecule has 0 radical (unpaired) electrons. The van der Waals surface area contributed by atoms with Gasteiger partial charge in [-0.05, 0) is 52.4 Å². The van der Waals surface area contributed by atoms with Gasteiger partial charge in [-0.25, -0.2) is 4.39 Å². The molecule has 1 atom stereocenters.